The first-order valence-electron chi connectivity index (χ1n) is 32.6. The van der Waals surface area contributed by atoms with Crippen molar-refractivity contribution in [3.63, 3.8) is 0 Å². The van der Waals surface area contributed by atoms with Crippen LogP contribution in [0.1, 0.15) is 129 Å². The first kappa shape index (κ1) is 83.6. The lowest BCUT2D eigenvalue weighted by molar-refractivity contribution is -0.119. The van der Waals surface area contributed by atoms with Gasteiger partial charge >= 0.3 is 12.2 Å². The van der Waals surface area contributed by atoms with Crippen LogP contribution in [0.4, 0.5) is 27.2 Å². The largest absolute Gasteiger partial charge is 0.508 e. The molecule has 100 heavy (non-hydrogen) atoms. The molecule has 0 bridgehead atoms. The number of benzene rings is 5. The normalized spacial score (nSPS) is 14.8. The van der Waals surface area contributed by atoms with E-state index in [1.54, 1.807) is 53.7 Å². The first-order valence-corrected chi connectivity index (χ1v) is 32.6. The summed E-state index contributed by atoms with van der Waals surface area (Å²) in [5.41, 5.74) is 21.7. The van der Waals surface area contributed by atoms with E-state index in [0.717, 1.165) is 71.0 Å². The molecule has 0 radical (unpaired) electrons. The fraction of sp³-hybridized carbons (Fsp3) is 0.408. The number of rotatable bonds is 18. The molecule has 0 aliphatic heterocycles. The number of carbonyl (C=O) groups excluding carboxylic acids is 7. The fourth-order valence-corrected chi connectivity index (χ4v) is 10.5. The standard InChI is InChI=1S/2C19H24FNO4.2C14H16FNO2.C10H10O2.2ClH/c2*1-19(2,3)25-18(23)21-11-13(10-20)12-24-17-7-5-14-4-6-16(22)8-15(14)9-17;2*15-7-10(8-16)9-18-14-4-2-11-1-3-13(17)5-12(11)6-14;11-9-3-1-7-2-4-10(12)6-8(7)5-9;;/h2*5,7,9-10H,4,6,8,11-12H2,1-3H3,(H,21,23);2*2,4,6-7H,1,3,5,8-9,16H2;1,3,5,11H,2,4,6H2;2*1H/b13-10+;13-10-;2*10-7+;;;. The smallest absolute Gasteiger partial charge is 0.407 e. The SMILES string of the molecule is CC(C)(C)OC(=O)NC/C(=C/F)COc1ccc2c(c1)CC(=O)CC2.CC(C)(C)OC(=O)NC/C(=C\F)COc1ccc2c(c1)CC(=O)CC2.Cl.Cl.NC/C(=C\F)COc1ccc2c(c1)CC(=O)CC2.NC/C(=C\F)COc1ccc2c(c1)CC(=O)CC2.O=C1CCc2ccc(O)cc2C1. The topological polar surface area (TPSA) is 271 Å². The van der Waals surface area contributed by atoms with Gasteiger partial charge in [-0.05, 0) is 190 Å². The van der Waals surface area contributed by atoms with Crippen molar-refractivity contribution >= 4 is 65.9 Å². The van der Waals surface area contributed by atoms with E-state index >= 15 is 0 Å². The highest BCUT2D eigenvalue weighted by Gasteiger charge is 2.23. The van der Waals surface area contributed by atoms with Gasteiger partial charge < -0.3 is 55.6 Å². The van der Waals surface area contributed by atoms with Crippen LogP contribution in [0.5, 0.6) is 28.7 Å². The summed E-state index contributed by atoms with van der Waals surface area (Å²) in [7, 11) is 0. The molecule has 0 aromatic heterocycles. The van der Waals surface area contributed by atoms with Gasteiger partial charge in [-0.15, -0.1) is 24.8 Å². The maximum Gasteiger partial charge on any atom is 0.407 e. The zero-order valence-electron chi connectivity index (χ0n) is 57.5. The first-order chi connectivity index (χ1) is 46.7. The average Bonchev–Trinajstić information content (AvgIpc) is 0.863. The Morgan fingerprint density at radius 1 is 0.390 bits per heavy atom. The van der Waals surface area contributed by atoms with E-state index in [2.05, 4.69) is 10.6 Å². The number of carbonyl (C=O) groups is 7. The molecule has 0 atom stereocenters. The summed E-state index contributed by atoms with van der Waals surface area (Å²) in [5.74, 6) is 3.92. The number of alkyl carbamates (subject to hydrolysis) is 2. The van der Waals surface area contributed by atoms with Crippen LogP contribution in [0.2, 0.25) is 0 Å². The number of hydrogen-bond donors (Lipinski definition) is 5. The quantitative estimate of drug-likeness (QED) is 0.0510. The van der Waals surface area contributed by atoms with Gasteiger partial charge in [0, 0.05) is 113 Å². The molecular weight excluding hydrogens is 1340 g/mol. The van der Waals surface area contributed by atoms with E-state index in [0.29, 0.717) is 124 Å². The molecule has 5 aromatic carbocycles. The van der Waals surface area contributed by atoms with Gasteiger partial charge in [-0.25, -0.2) is 27.2 Å². The van der Waals surface area contributed by atoms with Crippen LogP contribution in [0.3, 0.4) is 0 Å². The van der Waals surface area contributed by atoms with Gasteiger partial charge in [-0.3, -0.25) is 24.0 Å². The lowest BCUT2D eigenvalue weighted by Crippen LogP contribution is -2.34. The minimum atomic E-state index is -0.612. The molecule has 0 fully saturated rings. The van der Waals surface area contributed by atoms with E-state index in [1.165, 1.54) is 16.7 Å². The van der Waals surface area contributed by atoms with Gasteiger partial charge in [-0.1, -0.05) is 30.3 Å². The van der Waals surface area contributed by atoms with E-state index in [1.807, 2.05) is 78.9 Å². The molecule has 0 heterocycles. The van der Waals surface area contributed by atoms with Crippen LogP contribution >= 0.6 is 24.8 Å². The lowest BCUT2D eigenvalue weighted by Gasteiger charge is -2.20. The molecule has 5 aliphatic rings. The predicted molar refractivity (Wildman–Crippen MR) is 379 cm³/mol. The van der Waals surface area contributed by atoms with Gasteiger partial charge in [0.2, 0.25) is 0 Å². The Morgan fingerprint density at radius 3 is 0.870 bits per heavy atom. The van der Waals surface area contributed by atoms with E-state index in [9.17, 15) is 51.1 Å². The minimum absolute atomic E-state index is 0. The van der Waals surface area contributed by atoms with Crippen molar-refractivity contribution in [3.8, 4) is 28.7 Å². The Hall–Kier alpha value is -8.83. The van der Waals surface area contributed by atoms with Crippen LogP contribution in [0.15, 0.2) is 139 Å². The molecule has 18 nitrogen and oxygen atoms in total. The molecule has 10 rings (SSSR count). The Bertz CT molecular complexity index is 3560. The zero-order valence-corrected chi connectivity index (χ0v) is 59.1. The van der Waals surface area contributed by atoms with Gasteiger partial charge in [0.1, 0.15) is 95.3 Å². The van der Waals surface area contributed by atoms with Crippen molar-refractivity contribution < 1.29 is 84.7 Å². The number of aromatic hydroxyl groups is 1. The molecule has 0 spiro atoms. The van der Waals surface area contributed by atoms with E-state index in [4.69, 9.17) is 45.0 Å². The van der Waals surface area contributed by atoms with Crippen molar-refractivity contribution in [2.75, 3.05) is 52.6 Å². The maximum absolute atomic E-state index is 13.0. The van der Waals surface area contributed by atoms with Crippen LogP contribution in [0.25, 0.3) is 0 Å². The number of Topliss-reactive ketones (excluding diaryl/α,β-unsaturated/α-hetero) is 5. The van der Waals surface area contributed by atoms with Gasteiger partial charge in [0.25, 0.3) is 0 Å². The average molecular weight is 1430 g/mol. The third kappa shape index (κ3) is 29.5. The van der Waals surface area contributed by atoms with Crippen molar-refractivity contribution in [3.05, 3.63) is 194 Å². The van der Waals surface area contributed by atoms with Gasteiger partial charge in [-0.2, -0.15) is 0 Å². The molecule has 0 saturated heterocycles. The van der Waals surface area contributed by atoms with Crippen molar-refractivity contribution in [2.45, 2.75) is 149 Å². The molecule has 0 saturated carbocycles. The zero-order chi connectivity index (χ0) is 71.4. The van der Waals surface area contributed by atoms with Gasteiger partial charge in [0.05, 0.1) is 25.3 Å². The summed E-state index contributed by atoms with van der Waals surface area (Å²) >= 11 is 0. The molecule has 24 heteroatoms. The number of halogens is 6. The van der Waals surface area contributed by atoms with Crippen molar-refractivity contribution in [1.29, 1.82) is 0 Å². The Balaban J connectivity index is 0.000000269. The third-order valence-corrected chi connectivity index (χ3v) is 15.8. The number of ketones is 5. The second-order valence-electron chi connectivity index (χ2n) is 26.1. The predicted octanol–water partition coefficient (Wildman–Crippen LogP) is 13.2. The third-order valence-electron chi connectivity index (χ3n) is 15.8. The number of nitrogens with two attached hydrogens (primary N) is 2. The molecular formula is C76H92Cl2F4N4O14. The number of phenols is 1. The van der Waals surface area contributed by atoms with Crippen LogP contribution in [0, 0.1) is 0 Å². The highest BCUT2D eigenvalue weighted by molar-refractivity contribution is 5.86. The van der Waals surface area contributed by atoms with Gasteiger partial charge in [0.15, 0.2) is 0 Å². The van der Waals surface area contributed by atoms with E-state index < -0.39 is 23.4 Å². The number of aryl methyl sites for hydroxylation is 5. The maximum atomic E-state index is 13.0. The highest BCUT2D eigenvalue weighted by Crippen LogP contribution is 2.29. The summed E-state index contributed by atoms with van der Waals surface area (Å²) in [6.07, 6.45) is 9.80. The number of phenolic OH excluding ortho intramolecular Hbond substituents is 1. The Morgan fingerprint density at radius 2 is 0.630 bits per heavy atom. The van der Waals surface area contributed by atoms with Crippen LogP contribution in [-0.4, -0.2) is 110 Å². The monoisotopic (exact) mass is 1430 g/mol. The summed E-state index contributed by atoms with van der Waals surface area (Å²) in [6.45, 7) is 11.1. The number of hydrogen-bond acceptors (Lipinski definition) is 16. The lowest BCUT2D eigenvalue weighted by atomic mass is 9.91. The molecule has 5 aliphatic carbocycles. The summed E-state index contributed by atoms with van der Waals surface area (Å²) in [4.78, 5) is 80.1. The second-order valence-corrected chi connectivity index (χ2v) is 26.1. The Labute approximate surface area is 594 Å². The number of ether oxygens (including phenoxy) is 6. The Kier molecular flexibility index (Phi) is 34.8. The highest BCUT2D eigenvalue weighted by atomic mass is 35.5. The second kappa shape index (κ2) is 41.7. The molecule has 7 N–H and O–H groups in total. The number of nitrogens with one attached hydrogen (secondary N) is 2. The van der Waals surface area contributed by atoms with E-state index in [-0.39, 0.29) is 123 Å². The molecule has 2 amide bonds. The van der Waals surface area contributed by atoms with Crippen LogP contribution in [-0.2, 0) is 97.7 Å². The molecule has 5 aromatic rings. The summed E-state index contributed by atoms with van der Waals surface area (Å²) < 4.78 is 82.9. The minimum Gasteiger partial charge on any atom is -0.508 e. The van der Waals surface area contributed by atoms with Crippen molar-refractivity contribution in [2.24, 2.45) is 11.5 Å². The molecule has 542 valence electrons. The molecule has 0 unspecified atom stereocenters. The van der Waals surface area contributed by atoms with Crippen molar-refractivity contribution in [1.82, 2.24) is 10.6 Å². The summed E-state index contributed by atoms with van der Waals surface area (Å²) in [6, 6.07) is 27.8. The number of amides is 2. The fourth-order valence-electron chi connectivity index (χ4n) is 10.5. The van der Waals surface area contributed by atoms with Crippen LogP contribution < -0.4 is 41.0 Å². The summed E-state index contributed by atoms with van der Waals surface area (Å²) in [5, 5.41) is 14.1. The number of fused-ring (bicyclic) bond motifs is 5.